The monoisotopic (exact) mass is 291 g/mol. The molecule has 0 aliphatic heterocycles. The van der Waals surface area contributed by atoms with E-state index >= 15 is 0 Å². The van der Waals surface area contributed by atoms with Crippen LogP contribution >= 0.6 is 0 Å². The fourth-order valence-electron chi connectivity index (χ4n) is 2.17. The number of nitrogens with one attached hydrogen (secondary N) is 1. The number of aliphatic hydroxyl groups excluding tert-OH is 1. The molecule has 1 saturated carbocycles. The summed E-state index contributed by atoms with van der Waals surface area (Å²) in [5, 5.41) is 9.34. The van der Waals surface area contributed by atoms with Crippen molar-refractivity contribution in [2.24, 2.45) is 0 Å². The van der Waals surface area contributed by atoms with Crippen molar-refractivity contribution in [3.63, 3.8) is 0 Å². The van der Waals surface area contributed by atoms with Gasteiger partial charge in [0.05, 0.1) is 6.10 Å². The Bertz CT molecular complexity index is 554. The Morgan fingerprint density at radius 1 is 1.16 bits per heavy atom. The van der Waals surface area contributed by atoms with Gasteiger partial charge in [0, 0.05) is 12.1 Å². The van der Waals surface area contributed by atoms with E-state index in [9.17, 15) is 22.3 Å². The van der Waals surface area contributed by atoms with Crippen molar-refractivity contribution in [3.8, 4) is 0 Å². The minimum absolute atomic E-state index is 0.321. The minimum atomic E-state index is -4.00. The van der Waals surface area contributed by atoms with Gasteiger partial charge in [-0.2, -0.15) is 0 Å². The van der Waals surface area contributed by atoms with Gasteiger partial charge in [0.15, 0.2) is 0 Å². The molecule has 1 fully saturated rings. The van der Waals surface area contributed by atoms with Crippen molar-refractivity contribution < 1.29 is 22.3 Å². The Balaban J connectivity index is 2.14. The normalized spacial score (nSPS) is 24.4. The molecule has 2 N–H and O–H groups in total. The first kappa shape index (κ1) is 14.4. The predicted octanol–water partition coefficient (Wildman–Crippen LogP) is 1.55. The molecule has 7 heteroatoms. The molecule has 4 nitrogen and oxygen atoms in total. The molecule has 0 radical (unpaired) electrons. The second-order valence-electron chi connectivity index (χ2n) is 4.70. The van der Waals surface area contributed by atoms with E-state index in [2.05, 4.69) is 4.72 Å². The first-order valence-corrected chi connectivity index (χ1v) is 7.52. The van der Waals surface area contributed by atoms with E-state index in [1.165, 1.54) is 0 Å². The van der Waals surface area contributed by atoms with Crippen molar-refractivity contribution in [1.29, 1.82) is 0 Å². The van der Waals surface area contributed by atoms with Gasteiger partial charge in [0.25, 0.3) is 0 Å². The highest BCUT2D eigenvalue weighted by atomic mass is 32.2. The van der Waals surface area contributed by atoms with Crippen LogP contribution in [0.2, 0.25) is 0 Å². The summed E-state index contributed by atoms with van der Waals surface area (Å²) in [5.74, 6) is -1.93. The van der Waals surface area contributed by atoms with Gasteiger partial charge in [-0.1, -0.05) is 0 Å². The van der Waals surface area contributed by atoms with Gasteiger partial charge < -0.3 is 5.11 Å². The van der Waals surface area contributed by atoms with E-state index in [0.29, 0.717) is 31.7 Å². The molecule has 0 amide bonds. The number of hydrogen-bond donors (Lipinski definition) is 2. The van der Waals surface area contributed by atoms with Crippen LogP contribution in [-0.4, -0.2) is 25.7 Å². The first-order valence-electron chi connectivity index (χ1n) is 6.04. The van der Waals surface area contributed by atoms with Crippen LogP contribution in [-0.2, 0) is 10.0 Å². The summed E-state index contributed by atoms with van der Waals surface area (Å²) in [5.41, 5.74) is 0. The number of halogens is 2. The summed E-state index contributed by atoms with van der Waals surface area (Å²) >= 11 is 0. The van der Waals surface area contributed by atoms with Gasteiger partial charge in [-0.05, 0) is 37.8 Å². The van der Waals surface area contributed by atoms with Crippen LogP contribution in [0.5, 0.6) is 0 Å². The fourth-order valence-corrected chi connectivity index (χ4v) is 3.53. The minimum Gasteiger partial charge on any atom is -0.393 e. The molecular weight excluding hydrogens is 276 g/mol. The maximum absolute atomic E-state index is 13.5. The van der Waals surface area contributed by atoms with Gasteiger partial charge in [-0.3, -0.25) is 0 Å². The predicted molar refractivity (Wildman–Crippen MR) is 64.9 cm³/mol. The number of sulfonamides is 1. The van der Waals surface area contributed by atoms with Crippen LogP contribution in [0.4, 0.5) is 8.78 Å². The molecule has 2 rings (SSSR count). The quantitative estimate of drug-likeness (QED) is 0.888. The molecule has 1 aromatic carbocycles. The van der Waals surface area contributed by atoms with Gasteiger partial charge in [0.1, 0.15) is 16.5 Å². The average Bonchev–Trinajstić information content (AvgIpc) is 2.31. The molecule has 19 heavy (non-hydrogen) atoms. The molecule has 0 saturated heterocycles. The van der Waals surface area contributed by atoms with E-state index in [1.807, 2.05) is 0 Å². The third-order valence-electron chi connectivity index (χ3n) is 3.20. The summed E-state index contributed by atoms with van der Waals surface area (Å²) in [4.78, 5) is -0.556. The highest BCUT2D eigenvalue weighted by Gasteiger charge is 2.26. The standard InChI is InChI=1S/C12H15F2NO3S/c13-8-1-6-12(11(14)7-8)19(17,18)15-9-2-4-10(16)5-3-9/h1,6-7,9-10,15-16H,2-5H2. The third-order valence-corrected chi connectivity index (χ3v) is 4.76. The molecule has 0 aromatic heterocycles. The molecule has 0 atom stereocenters. The molecule has 106 valence electrons. The van der Waals surface area contributed by atoms with Crippen molar-refractivity contribution in [2.75, 3.05) is 0 Å². The van der Waals surface area contributed by atoms with Crippen LogP contribution < -0.4 is 4.72 Å². The Morgan fingerprint density at radius 2 is 1.79 bits per heavy atom. The number of aliphatic hydroxyl groups is 1. The maximum Gasteiger partial charge on any atom is 0.243 e. The fraction of sp³-hybridized carbons (Fsp3) is 0.500. The zero-order valence-corrected chi connectivity index (χ0v) is 11.0. The van der Waals surface area contributed by atoms with E-state index < -0.39 is 32.7 Å². The highest BCUT2D eigenvalue weighted by molar-refractivity contribution is 7.89. The SMILES string of the molecule is O=S(=O)(NC1CCC(O)CC1)c1ccc(F)cc1F. The topological polar surface area (TPSA) is 66.4 Å². The lowest BCUT2D eigenvalue weighted by Crippen LogP contribution is -2.38. The van der Waals surface area contributed by atoms with Crippen LogP contribution in [0, 0.1) is 11.6 Å². The third kappa shape index (κ3) is 3.49. The number of rotatable bonds is 3. The van der Waals surface area contributed by atoms with Crippen molar-refractivity contribution in [2.45, 2.75) is 42.7 Å². The number of benzene rings is 1. The Morgan fingerprint density at radius 3 is 2.37 bits per heavy atom. The molecule has 0 spiro atoms. The number of hydrogen-bond acceptors (Lipinski definition) is 3. The van der Waals surface area contributed by atoms with Crippen LogP contribution in [0.25, 0.3) is 0 Å². The highest BCUT2D eigenvalue weighted by Crippen LogP contribution is 2.21. The second-order valence-corrected chi connectivity index (χ2v) is 6.38. The molecule has 0 bridgehead atoms. The summed E-state index contributed by atoms with van der Waals surface area (Å²) in [6, 6.07) is 2.03. The first-order chi connectivity index (χ1) is 8.88. The van der Waals surface area contributed by atoms with E-state index in [-0.39, 0.29) is 6.04 Å². The Hall–Kier alpha value is -1.05. The van der Waals surface area contributed by atoms with E-state index in [4.69, 9.17) is 0 Å². The maximum atomic E-state index is 13.5. The molecule has 1 aliphatic rings. The second kappa shape index (κ2) is 5.52. The summed E-state index contributed by atoms with van der Waals surface area (Å²) in [7, 11) is -4.00. The van der Waals surface area contributed by atoms with Crippen LogP contribution in [0.3, 0.4) is 0 Å². The van der Waals surface area contributed by atoms with Gasteiger partial charge >= 0.3 is 0 Å². The van der Waals surface area contributed by atoms with E-state index in [0.717, 1.165) is 12.1 Å². The van der Waals surface area contributed by atoms with Crippen LogP contribution in [0.15, 0.2) is 23.1 Å². The summed E-state index contributed by atoms with van der Waals surface area (Å²) in [6.07, 6.45) is 1.63. The average molecular weight is 291 g/mol. The zero-order chi connectivity index (χ0) is 14.0. The zero-order valence-electron chi connectivity index (χ0n) is 10.1. The van der Waals surface area contributed by atoms with Gasteiger partial charge in [-0.15, -0.1) is 0 Å². The molecule has 1 aromatic rings. The van der Waals surface area contributed by atoms with Gasteiger partial charge in [-0.25, -0.2) is 21.9 Å². The van der Waals surface area contributed by atoms with Crippen molar-refractivity contribution >= 4 is 10.0 Å². The molecule has 0 unspecified atom stereocenters. The molecular formula is C12H15F2NO3S. The largest absolute Gasteiger partial charge is 0.393 e. The Kier molecular flexibility index (Phi) is 4.17. The smallest absolute Gasteiger partial charge is 0.243 e. The summed E-state index contributed by atoms with van der Waals surface area (Å²) < 4.78 is 52.6. The lowest BCUT2D eigenvalue weighted by atomic mass is 9.94. The van der Waals surface area contributed by atoms with Crippen molar-refractivity contribution in [1.82, 2.24) is 4.72 Å². The summed E-state index contributed by atoms with van der Waals surface area (Å²) in [6.45, 7) is 0. The molecule has 1 aliphatic carbocycles. The van der Waals surface area contributed by atoms with Gasteiger partial charge in [0.2, 0.25) is 10.0 Å². The van der Waals surface area contributed by atoms with E-state index in [1.54, 1.807) is 0 Å². The van der Waals surface area contributed by atoms with Crippen LogP contribution in [0.1, 0.15) is 25.7 Å². The van der Waals surface area contributed by atoms with Crippen molar-refractivity contribution in [3.05, 3.63) is 29.8 Å². The molecule has 0 heterocycles. The Labute approximate surface area is 110 Å². The lowest BCUT2D eigenvalue weighted by Gasteiger charge is -2.26. The lowest BCUT2D eigenvalue weighted by molar-refractivity contribution is 0.120.